The molecule has 9 nitrogen and oxygen atoms in total. The number of hydrogen-bond acceptors (Lipinski definition) is 6. The molecule has 1 aromatic heterocycles. The number of aromatic amines is 1. The number of aliphatic carboxylic acids is 1. The number of amidine groups is 1. The lowest BCUT2D eigenvalue weighted by Crippen LogP contribution is -2.55. The van der Waals surface area contributed by atoms with Gasteiger partial charge in [0.15, 0.2) is 11.7 Å². The Morgan fingerprint density at radius 2 is 2.19 bits per heavy atom. The minimum absolute atomic E-state index is 0.0447. The van der Waals surface area contributed by atoms with E-state index in [9.17, 15) is 9.90 Å². The van der Waals surface area contributed by atoms with E-state index < -0.39 is 12.0 Å². The predicted octanol–water partition coefficient (Wildman–Crippen LogP) is 1.75. The maximum absolute atomic E-state index is 11.6. The monoisotopic (exact) mass is 371 g/mol. The molecule has 4 heterocycles. The summed E-state index contributed by atoms with van der Waals surface area (Å²) in [4.78, 5) is 22.7. The van der Waals surface area contributed by atoms with Gasteiger partial charge >= 0.3 is 5.97 Å². The number of aliphatic imine (C=N–C) groups is 2. The molecule has 3 aliphatic heterocycles. The summed E-state index contributed by atoms with van der Waals surface area (Å²) in [5.74, 6) is 0.859. The average molecular weight is 371 g/mol. The van der Waals surface area contributed by atoms with Gasteiger partial charge in [-0.15, -0.1) is 0 Å². The molecule has 4 rings (SSSR count). The number of fused-ring (bicyclic) bond motifs is 1. The first-order valence-electron chi connectivity index (χ1n) is 9.30. The Hall–Kier alpha value is -2.84. The number of nitrogens with zero attached hydrogens (tertiary/aromatic N) is 5. The molecule has 0 bridgehead atoms. The molecule has 3 N–H and O–H groups in total. The van der Waals surface area contributed by atoms with Gasteiger partial charge in [-0.3, -0.25) is 15.5 Å². The molecule has 9 heteroatoms. The number of carboxylic acid groups (broad SMARTS) is 1. The van der Waals surface area contributed by atoms with Crippen molar-refractivity contribution in [1.29, 1.82) is 0 Å². The Morgan fingerprint density at radius 3 is 2.89 bits per heavy atom. The van der Waals surface area contributed by atoms with Crippen molar-refractivity contribution in [1.82, 2.24) is 25.5 Å². The Kier molecular flexibility index (Phi) is 4.16. The van der Waals surface area contributed by atoms with Crippen molar-refractivity contribution in [3.05, 3.63) is 23.5 Å². The molecule has 0 radical (unpaired) electrons. The van der Waals surface area contributed by atoms with Gasteiger partial charge in [-0.05, 0) is 19.3 Å². The van der Waals surface area contributed by atoms with Gasteiger partial charge in [0.2, 0.25) is 5.96 Å². The van der Waals surface area contributed by atoms with Crippen LogP contribution in [0.5, 0.6) is 0 Å². The lowest BCUT2D eigenvalue weighted by atomic mass is 9.92. The van der Waals surface area contributed by atoms with Crippen LogP contribution in [0.2, 0.25) is 0 Å². The predicted molar refractivity (Wildman–Crippen MR) is 102 cm³/mol. The van der Waals surface area contributed by atoms with Gasteiger partial charge in [-0.1, -0.05) is 26.8 Å². The van der Waals surface area contributed by atoms with E-state index in [0.717, 1.165) is 30.8 Å². The van der Waals surface area contributed by atoms with Gasteiger partial charge in [-0.2, -0.15) is 10.1 Å². The van der Waals surface area contributed by atoms with Crippen LogP contribution in [0.25, 0.3) is 0 Å². The fraction of sp³-hybridized carbons (Fsp3) is 0.556. The van der Waals surface area contributed by atoms with Crippen molar-refractivity contribution in [3.63, 3.8) is 0 Å². The number of carbonyl (C=O) groups is 1. The van der Waals surface area contributed by atoms with E-state index in [4.69, 9.17) is 0 Å². The number of H-pyrrole nitrogens is 1. The number of guanidine groups is 1. The molecule has 3 aliphatic rings. The summed E-state index contributed by atoms with van der Waals surface area (Å²) in [5.41, 5.74) is 5.12. The molecule has 144 valence electrons. The van der Waals surface area contributed by atoms with Gasteiger partial charge in [0.1, 0.15) is 6.04 Å². The second-order valence-corrected chi connectivity index (χ2v) is 8.09. The van der Waals surface area contributed by atoms with Crippen LogP contribution in [0.3, 0.4) is 0 Å². The van der Waals surface area contributed by atoms with E-state index in [2.05, 4.69) is 52.5 Å². The zero-order valence-electron chi connectivity index (χ0n) is 15.9. The Morgan fingerprint density at radius 1 is 1.37 bits per heavy atom. The van der Waals surface area contributed by atoms with Crippen LogP contribution in [0.15, 0.2) is 27.8 Å². The van der Waals surface area contributed by atoms with Crippen molar-refractivity contribution < 1.29 is 9.90 Å². The Bertz CT molecular complexity index is 846. The smallest absolute Gasteiger partial charge is 0.326 e. The molecule has 0 aliphatic carbocycles. The minimum atomic E-state index is -0.819. The van der Waals surface area contributed by atoms with Crippen LogP contribution in [0.4, 0.5) is 5.82 Å². The maximum atomic E-state index is 11.6. The highest BCUT2D eigenvalue weighted by atomic mass is 16.4. The SMILES string of the molecule is CC(C)(C)c1cc(N=C2N=C(N3CCC[C@H]3C(=O)O)NN3CCC=C23)n[nH]1. The molecule has 1 aromatic rings. The first-order chi connectivity index (χ1) is 12.8. The summed E-state index contributed by atoms with van der Waals surface area (Å²) < 4.78 is 0. The number of hydrogen-bond donors (Lipinski definition) is 3. The van der Waals surface area contributed by atoms with Crippen LogP contribution in [0, 0.1) is 0 Å². The molecular weight excluding hydrogens is 346 g/mol. The molecular formula is C18H25N7O2. The van der Waals surface area contributed by atoms with E-state index in [1.54, 1.807) is 0 Å². The topological polar surface area (TPSA) is 109 Å². The molecule has 1 atom stereocenters. The van der Waals surface area contributed by atoms with Gasteiger partial charge in [0, 0.05) is 30.3 Å². The normalized spacial score (nSPS) is 24.0. The highest BCUT2D eigenvalue weighted by molar-refractivity contribution is 6.09. The van der Waals surface area contributed by atoms with Gasteiger partial charge in [-0.25, -0.2) is 9.79 Å². The van der Waals surface area contributed by atoms with Gasteiger partial charge < -0.3 is 10.0 Å². The number of carboxylic acids is 1. The van der Waals surface area contributed by atoms with Crippen LogP contribution < -0.4 is 5.43 Å². The number of hydrazine groups is 1. The van der Waals surface area contributed by atoms with Gasteiger partial charge in [0.05, 0.1) is 5.70 Å². The second-order valence-electron chi connectivity index (χ2n) is 8.09. The fourth-order valence-electron chi connectivity index (χ4n) is 3.54. The Labute approximate surface area is 157 Å². The zero-order valence-corrected chi connectivity index (χ0v) is 15.9. The summed E-state index contributed by atoms with van der Waals surface area (Å²) in [5, 5.41) is 18.8. The number of rotatable bonds is 2. The van der Waals surface area contributed by atoms with Crippen LogP contribution in [-0.4, -0.2) is 62.1 Å². The van der Waals surface area contributed by atoms with Crippen molar-refractivity contribution in [2.45, 2.75) is 51.5 Å². The first-order valence-corrected chi connectivity index (χ1v) is 9.30. The zero-order chi connectivity index (χ0) is 19.2. The van der Waals surface area contributed by atoms with Gasteiger partial charge in [0.25, 0.3) is 0 Å². The molecule has 0 saturated carbocycles. The highest BCUT2D eigenvalue weighted by Crippen LogP contribution is 2.27. The molecule has 1 saturated heterocycles. The van der Waals surface area contributed by atoms with Crippen molar-refractivity contribution >= 4 is 23.6 Å². The van der Waals surface area contributed by atoms with E-state index in [1.807, 2.05) is 16.0 Å². The van der Waals surface area contributed by atoms with Crippen LogP contribution >= 0.6 is 0 Å². The number of aromatic nitrogens is 2. The van der Waals surface area contributed by atoms with Crippen LogP contribution in [-0.2, 0) is 10.2 Å². The first kappa shape index (κ1) is 17.6. The Balaban J connectivity index is 1.69. The largest absolute Gasteiger partial charge is 0.480 e. The molecule has 0 unspecified atom stereocenters. The van der Waals surface area contributed by atoms with Crippen molar-refractivity contribution in [2.24, 2.45) is 9.98 Å². The molecule has 1 fully saturated rings. The minimum Gasteiger partial charge on any atom is -0.480 e. The van der Waals surface area contributed by atoms with E-state index >= 15 is 0 Å². The molecule has 27 heavy (non-hydrogen) atoms. The van der Waals surface area contributed by atoms with E-state index in [-0.39, 0.29) is 5.41 Å². The van der Waals surface area contributed by atoms with Crippen molar-refractivity contribution in [3.8, 4) is 0 Å². The quantitative estimate of drug-likeness (QED) is 0.731. The molecule has 0 spiro atoms. The molecule has 0 aromatic carbocycles. The number of likely N-dealkylation sites (tertiary alicyclic amines) is 1. The second kappa shape index (κ2) is 6.40. The third-order valence-corrected chi connectivity index (χ3v) is 5.06. The standard InChI is InChI=1S/C18H25N7O2/c1-18(2,3)13-10-14(22-21-13)19-15-11-6-5-9-25(11)23-17(20-15)24-8-4-7-12(24)16(26)27/h6,10,12H,4-5,7-9H2,1-3H3,(H,26,27)(H2,19,20,21,22,23)/t12-/m0/s1. The highest BCUT2D eigenvalue weighted by Gasteiger charge is 2.37. The summed E-state index contributed by atoms with van der Waals surface area (Å²) in [6, 6.07) is 1.38. The lowest BCUT2D eigenvalue weighted by molar-refractivity contribution is -0.141. The average Bonchev–Trinajstić information content (AvgIpc) is 3.33. The van der Waals surface area contributed by atoms with E-state index in [0.29, 0.717) is 30.6 Å². The lowest BCUT2D eigenvalue weighted by Gasteiger charge is -2.34. The molecule has 0 amide bonds. The summed E-state index contributed by atoms with van der Waals surface area (Å²) in [6.45, 7) is 7.79. The summed E-state index contributed by atoms with van der Waals surface area (Å²) in [6.07, 6.45) is 4.43. The summed E-state index contributed by atoms with van der Waals surface area (Å²) in [7, 11) is 0. The van der Waals surface area contributed by atoms with E-state index in [1.165, 1.54) is 0 Å². The third-order valence-electron chi connectivity index (χ3n) is 5.06. The van der Waals surface area contributed by atoms with Crippen molar-refractivity contribution in [2.75, 3.05) is 13.1 Å². The summed E-state index contributed by atoms with van der Waals surface area (Å²) >= 11 is 0. The number of nitrogens with one attached hydrogen (secondary N) is 2. The van der Waals surface area contributed by atoms with Crippen LogP contribution in [0.1, 0.15) is 45.7 Å². The fourth-order valence-corrected chi connectivity index (χ4v) is 3.54. The maximum Gasteiger partial charge on any atom is 0.326 e. The third kappa shape index (κ3) is 3.29.